The van der Waals surface area contributed by atoms with Crippen LogP contribution in [0.4, 0.5) is 0 Å². The highest BCUT2D eigenvalue weighted by molar-refractivity contribution is 7.09. The Morgan fingerprint density at radius 1 is 1.47 bits per heavy atom. The van der Waals surface area contributed by atoms with Gasteiger partial charge in [-0.1, -0.05) is 13.3 Å². The predicted molar refractivity (Wildman–Crippen MR) is 64.1 cm³/mol. The van der Waals surface area contributed by atoms with Gasteiger partial charge in [0.1, 0.15) is 0 Å². The number of thiazole rings is 1. The van der Waals surface area contributed by atoms with Crippen molar-refractivity contribution in [2.24, 2.45) is 0 Å². The molecule has 0 fully saturated rings. The molecule has 0 unspecified atom stereocenters. The van der Waals surface area contributed by atoms with Crippen molar-refractivity contribution in [1.29, 1.82) is 0 Å². The maximum absolute atomic E-state index is 8.96. The van der Waals surface area contributed by atoms with Crippen LogP contribution in [-0.4, -0.2) is 34.7 Å². The molecule has 0 spiro atoms. The highest BCUT2D eigenvalue weighted by atomic mass is 32.1. The van der Waals surface area contributed by atoms with Crippen molar-refractivity contribution >= 4 is 11.3 Å². The molecule has 0 saturated carbocycles. The number of aryl methyl sites for hydroxylation is 1. The molecule has 15 heavy (non-hydrogen) atoms. The first kappa shape index (κ1) is 12.6. The van der Waals surface area contributed by atoms with Gasteiger partial charge in [-0.2, -0.15) is 0 Å². The zero-order valence-electron chi connectivity index (χ0n) is 9.57. The Hall–Kier alpha value is -0.450. The Bertz CT molecular complexity index is 275. The van der Waals surface area contributed by atoms with Gasteiger partial charge in [0.2, 0.25) is 0 Å². The van der Waals surface area contributed by atoms with Gasteiger partial charge in [-0.25, -0.2) is 4.98 Å². The number of hydrogen-bond donors (Lipinski definition) is 1. The van der Waals surface area contributed by atoms with Crippen LogP contribution in [0.1, 0.15) is 30.5 Å². The fourth-order valence-corrected chi connectivity index (χ4v) is 2.11. The number of nitrogens with zero attached hydrogens (tertiary/aromatic N) is 2. The van der Waals surface area contributed by atoms with E-state index in [0.717, 1.165) is 30.3 Å². The summed E-state index contributed by atoms with van der Waals surface area (Å²) in [5, 5.41) is 12.2. The van der Waals surface area contributed by atoms with Gasteiger partial charge in [-0.3, -0.25) is 4.90 Å². The standard InChI is InChI=1S/C11H20N2OS/c1-3-4-5-13(6-7-14)8-11-9-15-10(2)12-11/h9,14H,3-8H2,1-2H3. The fraction of sp³-hybridized carbons (Fsp3) is 0.727. The summed E-state index contributed by atoms with van der Waals surface area (Å²) >= 11 is 1.69. The van der Waals surface area contributed by atoms with Crippen LogP contribution in [0, 0.1) is 6.92 Å². The monoisotopic (exact) mass is 228 g/mol. The maximum atomic E-state index is 8.96. The first-order valence-electron chi connectivity index (χ1n) is 5.50. The third kappa shape index (κ3) is 4.73. The molecule has 1 N–H and O–H groups in total. The molecule has 1 heterocycles. The Morgan fingerprint density at radius 2 is 2.27 bits per heavy atom. The second-order valence-corrected chi connectivity index (χ2v) is 4.77. The van der Waals surface area contributed by atoms with Gasteiger partial charge in [-0.15, -0.1) is 11.3 Å². The van der Waals surface area contributed by atoms with Crippen LogP contribution < -0.4 is 0 Å². The lowest BCUT2D eigenvalue weighted by Gasteiger charge is -2.19. The van der Waals surface area contributed by atoms with Gasteiger partial charge < -0.3 is 5.11 Å². The minimum atomic E-state index is 0.229. The third-order valence-corrected chi connectivity index (χ3v) is 3.12. The van der Waals surface area contributed by atoms with Crippen molar-refractivity contribution in [3.63, 3.8) is 0 Å². The van der Waals surface area contributed by atoms with Crippen LogP contribution in [0.15, 0.2) is 5.38 Å². The SMILES string of the molecule is CCCCN(CCO)Cc1csc(C)n1. The molecule has 0 saturated heterocycles. The van der Waals surface area contributed by atoms with Crippen molar-refractivity contribution in [3.05, 3.63) is 16.1 Å². The van der Waals surface area contributed by atoms with E-state index in [0.29, 0.717) is 0 Å². The number of unbranched alkanes of at least 4 members (excludes halogenated alkanes) is 1. The fourth-order valence-electron chi connectivity index (χ4n) is 1.50. The summed E-state index contributed by atoms with van der Waals surface area (Å²) in [6, 6.07) is 0. The Kier molecular flexibility index (Phi) is 5.83. The van der Waals surface area contributed by atoms with Crippen molar-refractivity contribution < 1.29 is 5.11 Å². The zero-order valence-corrected chi connectivity index (χ0v) is 10.4. The molecule has 0 aromatic carbocycles. The van der Waals surface area contributed by atoms with E-state index in [1.807, 2.05) is 6.92 Å². The van der Waals surface area contributed by atoms with Crippen molar-refractivity contribution in [2.75, 3.05) is 19.7 Å². The summed E-state index contributed by atoms with van der Waals surface area (Å²) in [6.45, 7) is 7.10. The van der Waals surface area contributed by atoms with Crippen LogP contribution in [0.3, 0.4) is 0 Å². The Balaban J connectivity index is 2.42. The van der Waals surface area contributed by atoms with Crippen molar-refractivity contribution in [3.8, 4) is 0 Å². The number of aromatic nitrogens is 1. The minimum absolute atomic E-state index is 0.229. The quantitative estimate of drug-likeness (QED) is 0.776. The van der Waals surface area contributed by atoms with E-state index in [2.05, 4.69) is 22.2 Å². The van der Waals surface area contributed by atoms with Gasteiger partial charge in [0.15, 0.2) is 0 Å². The van der Waals surface area contributed by atoms with Gasteiger partial charge in [0.25, 0.3) is 0 Å². The molecule has 3 nitrogen and oxygen atoms in total. The van der Waals surface area contributed by atoms with Crippen molar-refractivity contribution in [2.45, 2.75) is 33.2 Å². The van der Waals surface area contributed by atoms with E-state index >= 15 is 0 Å². The second kappa shape index (κ2) is 6.93. The van der Waals surface area contributed by atoms with Crippen LogP contribution in [-0.2, 0) is 6.54 Å². The first-order valence-corrected chi connectivity index (χ1v) is 6.38. The Morgan fingerprint density at radius 3 is 2.80 bits per heavy atom. The molecule has 86 valence electrons. The smallest absolute Gasteiger partial charge is 0.0897 e. The van der Waals surface area contributed by atoms with E-state index in [1.54, 1.807) is 11.3 Å². The van der Waals surface area contributed by atoms with Crippen LogP contribution in [0.5, 0.6) is 0 Å². The average molecular weight is 228 g/mol. The molecule has 4 heteroatoms. The summed E-state index contributed by atoms with van der Waals surface area (Å²) in [5.74, 6) is 0. The number of hydrogen-bond acceptors (Lipinski definition) is 4. The molecule has 1 aromatic heterocycles. The summed E-state index contributed by atoms with van der Waals surface area (Å²) < 4.78 is 0. The first-order chi connectivity index (χ1) is 7.26. The molecule has 0 bridgehead atoms. The molecule has 0 aliphatic heterocycles. The zero-order chi connectivity index (χ0) is 11.1. The molecular formula is C11H20N2OS. The molecule has 1 rings (SSSR count). The van der Waals surface area contributed by atoms with E-state index in [1.165, 1.54) is 12.8 Å². The van der Waals surface area contributed by atoms with E-state index in [4.69, 9.17) is 5.11 Å². The largest absolute Gasteiger partial charge is 0.395 e. The lowest BCUT2D eigenvalue weighted by Crippen LogP contribution is -2.27. The minimum Gasteiger partial charge on any atom is -0.395 e. The normalized spacial score (nSPS) is 11.2. The summed E-state index contributed by atoms with van der Waals surface area (Å²) in [7, 11) is 0. The third-order valence-electron chi connectivity index (χ3n) is 2.30. The molecule has 0 aliphatic carbocycles. The number of aliphatic hydroxyl groups is 1. The molecule has 1 aromatic rings. The number of rotatable bonds is 7. The topological polar surface area (TPSA) is 36.4 Å². The Labute approximate surface area is 95.8 Å². The lowest BCUT2D eigenvalue weighted by molar-refractivity contribution is 0.187. The highest BCUT2D eigenvalue weighted by Gasteiger charge is 2.06. The predicted octanol–water partition coefficient (Wildman–Crippen LogP) is 2.05. The lowest BCUT2D eigenvalue weighted by atomic mass is 10.3. The van der Waals surface area contributed by atoms with Crippen LogP contribution in [0.2, 0.25) is 0 Å². The molecule has 0 amide bonds. The van der Waals surface area contributed by atoms with Gasteiger partial charge >= 0.3 is 0 Å². The number of aliphatic hydroxyl groups excluding tert-OH is 1. The average Bonchev–Trinajstić information content (AvgIpc) is 2.61. The van der Waals surface area contributed by atoms with Gasteiger partial charge in [-0.05, 0) is 19.9 Å². The molecular weight excluding hydrogens is 208 g/mol. The molecule has 0 aliphatic rings. The molecule has 0 atom stereocenters. The molecule has 0 radical (unpaired) electrons. The summed E-state index contributed by atoms with van der Waals surface area (Å²) in [4.78, 5) is 6.70. The highest BCUT2D eigenvalue weighted by Crippen LogP contribution is 2.10. The van der Waals surface area contributed by atoms with E-state index in [-0.39, 0.29) is 6.61 Å². The second-order valence-electron chi connectivity index (χ2n) is 3.71. The summed E-state index contributed by atoms with van der Waals surface area (Å²) in [6.07, 6.45) is 2.38. The van der Waals surface area contributed by atoms with Crippen LogP contribution in [0.25, 0.3) is 0 Å². The van der Waals surface area contributed by atoms with E-state index in [9.17, 15) is 0 Å². The maximum Gasteiger partial charge on any atom is 0.0897 e. The summed E-state index contributed by atoms with van der Waals surface area (Å²) in [5.41, 5.74) is 1.13. The van der Waals surface area contributed by atoms with Crippen molar-refractivity contribution in [1.82, 2.24) is 9.88 Å². The van der Waals surface area contributed by atoms with Gasteiger partial charge in [0.05, 0.1) is 17.3 Å². The van der Waals surface area contributed by atoms with Crippen LogP contribution >= 0.6 is 11.3 Å². The van der Waals surface area contributed by atoms with E-state index < -0.39 is 0 Å². The van der Waals surface area contributed by atoms with Gasteiger partial charge in [0, 0.05) is 18.5 Å².